The summed E-state index contributed by atoms with van der Waals surface area (Å²) in [5, 5.41) is 12.8. The third-order valence-corrected chi connectivity index (χ3v) is 5.64. The minimum Gasteiger partial charge on any atom is -0.478 e. The molecule has 0 radical (unpaired) electrons. The summed E-state index contributed by atoms with van der Waals surface area (Å²) >= 11 is 0. The number of hydrogen-bond donors (Lipinski definition) is 2. The summed E-state index contributed by atoms with van der Waals surface area (Å²) in [4.78, 5) is 11.1. The Hall–Kier alpha value is -1.29. The van der Waals surface area contributed by atoms with Gasteiger partial charge in [-0.2, -0.15) is 0 Å². The Morgan fingerprint density at radius 2 is 1.85 bits per heavy atom. The van der Waals surface area contributed by atoms with Gasteiger partial charge in [0.1, 0.15) is 11.3 Å². The zero-order chi connectivity index (χ0) is 13.7. The summed E-state index contributed by atoms with van der Waals surface area (Å²) in [5.74, 6) is 2.34. The first kappa shape index (κ1) is 12.5. The number of aromatic carboxylic acids is 1. The Morgan fingerprint density at radius 1 is 1.25 bits per heavy atom. The molecular formula is C16H21NO3. The highest BCUT2D eigenvalue weighted by Crippen LogP contribution is 2.55. The van der Waals surface area contributed by atoms with Crippen LogP contribution < -0.4 is 5.32 Å². The largest absolute Gasteiger partial charge is 0.478 e. The van der Waals surface area contributed by atoms with E-state index in [2.05, 4.69) is 5.32 Å². The van der Waals surface area contributed by atoms with E-state index < -0.39 is 5.97 Å². The van der Waals surface area contributed by atoms with E-state index in [4.69, 9.17) is 9.52 Å². The molecule has 0 amide bonds. The molecule has 0 unspecified atom stereocenters. The van der Waals surface area contributed by atoms with Gasteiger partial charge in [0.15, 0.2) is 0 Å². The lowest BCUT2D eigenvalue weighted by Gasteiger charge is -2.57. The Labute approximate surface area is 118 Å². The maximum Gasteiger partial charge on any atom is 0.339 e. The fourth-order valence-corrected chi connectivity index (χ4v) is 5.26. The molecule has 4 fully saturated rings. The monoisotopic (exact) mass is 275 g/mol. The SMILES string of the molecule is O=C(O)c1ccoc1CNC12CC3CC(CC(C3)C1)C2. The number of furan rings is 1. The summed E-state index contributed by atoms with van der Waals surface area (Å²) in [5.41, 5.74) is 0.541. The minimum atomic E-state index is -0.902. The van der Waals surface area contributed by atoms with Crippen LogP contribution in [-0.2, 0) is 6.54 Å². The lowest BCUT2D eigenvalue weighted by Crippen LogP contribution is -2.58. The van der Waals surface area contributed by atoms with Crippen LogP contribution in [0.2, 0.25) is 0 Å². The second-order valence-electron chi connectivity index (χ2n) is 7.11. The van der Waals surface area contributed by atoms with Gasteiger partial charge >= 0.3 is 5.97 Å². The predicted octanol–water partition coefficient (Wildman–Crippen LogP) is 3.04. The van der Waals surface area contributed by atoms with Crippen molar-refractivity contribution in [1.29, 1.82) is 0 Å². The van der Waals surface area contributed by atoms with Gasteiger partial charge in [0.2, 0.25) is 0 Å². The normalized spacial score (nSPS) is 38.3. The Kier molecular flexibility index (Phi) is 2.71. The van der Waals surface area contributed by atoms with E-state index in [1.54, 1.807) is 6.07 Å². The first-order valence-corrected chi connectivity index (χ1v) is 7.68. The van der Waals surface area contributed by atoms with Crippen molar-refractivity contribution in [3.63, 3.8) is 0 Å². The third-order valence-electron chi connectivity index (χ3n) is 5.64. The maximum atomic E-state index is 11.1. The van der Waals surface area contributed by atoms with Gasteiger partial charge in [0.25, 0.3) is 0 Å². The van der Waals surface area contributed by atoms with Gasteiger partial charge in [0, 0.05) is 5.54 Å². The average molecular weight is 275 g/mol. The van der Waals surface area contributed by atoms with Crippen molar-refractivity contribution in [3.8, 4) is 0 Å². The Balaban J connectivity index is 1.49. The molecule has 4 bridgehead atoms. The highest BCUT2D eigenvalue weighted by atomic mass is 16.4. The molecule has 0 aliphatic heterocycles. The molecule has 0 saturated heterocycles. The minimum absolute atomic E-state index is 0.247. The first-order chi connectivity index (χ1) is 9.63. The molecule has 5 rings (SSSR count). The summed E-state index contributed by atoms with van der Waals surface area (Å²) in [6, 6.07) is 1.54. The summed E-state index contributed by atoms with van der Waals surface area (Å²) < 4.78 is 5.35. The number of rotatable bonds is 4. The predicted molar refractivity (Wildman–Crippen MR) is 73.4 cm³/mol. The van der Waals surface area contributed by atoms with Crippen molar-refractivity contribution in [2.75, 3.05) is 0 Å². The molecule has 0 atom stereocenters. The average Bonchev–Trinajstić information content (AvgIpc) is 2.83. The molecule has 2 N–H and O–H groups in total. The molecule has 4 aliphatic carbocycles. The molecule has 1 aromatic heterocycles. The number of hydrogen-bond acceptors (Lipinski definition) is 3. The Bertz CT molecular complexity index is 498. The summed E-state index contributed by atoms with van der Waals surface area (Å²) in [6.45, 7) is 0.542. The van der Waals surface area contributed by atoms with E-state index in [1.807, 2.05) is 0 Å². The van der Waals surface area contributed by atoms with Crippen LogP contribution in [0.4, 0.5) is 0 Å². The fourth-order valence-electron chi connectivity index (χ4n) is 5.26. The molecule has 1 heterocycles. The van der Waals surface area contributed by atoms with Gasteiger partial charge in [-0.05, 0) is 62.3 Å². The molecule has 108 valence electrons. The second kappa shape index (κ2) is 4.35. The topological polar surface area (TPSA) is 62.5 Å². The van der Waals surface area contributed by atoms with Crippen molar-refractivity contribution in [2.45, 2.75) is 50.6 Å². The molecule has 0 aromatic carbocycles. The molecule has 20 heavy (non-hydrogen) atoms. The fraction of sp³-hybridized carbons (Fsp3) is 0.688. The van der Waals surface area contributed by atoms with Gasteiger partial charge in [-0.3, -0.25) is 0 Å². The zero-order valence-electron chi connectivity index (χ0n) is 11.6. The van der Waals surface area contributed by atoms with Crippen molar-refractivity contribution < 1.29 is 14.3 Å². The first-order valence-electron chi connectivity index (χ1n) is 7.68. The smallest absolute Gasteiger partial charge is 0.339 e. The molecule has 1 aromatic rings. The van der Waals surface area contributed by atoms with E-state index in [0.717, 1.165) is 17.8 Å². The van der Waals surface area contributed by atoms with Crippen LogP contribution in [0, 0.1) is 17.8 Å². The van der Waals surface area contributed by atoms with Crippen LogP contribution in [-0.4, -0.2) is 16.6 Å². The van der Waals surface area contributed by atoms with E-state index in [0.29, 0.717) is 17.9 Å². The van der Waals surface area contributed by atoms with E-state index >= 15 is 0 Å². The third kappa shape index (κ3) is 1.97. The van der Waals surface area contributed by atoms with E-state index in [1.165, 1.54) is 44.8 Å². The van der Waals surface area contributed by atoms with Crippen LogP contribution in [0.1, 0.15) is 54.6 Å². The molecular weight excluding hydrogens is 254 g/mol. The van der Waals surface area contributed by atoms with Crippen molar-refractivity contribution in [2.24, 2.45) is 17.8 Å². The van der Waals surface area contributed by atoms with Gasteiger partial charge < -0.3 is 14.8 Å². The Morgan fingerprint density at radius 3 is 2.40 bits per heavy atom. The van der Waals surface area contributed by atoms with E-state index in [9.17, 15) is 4.79 Å². The van der Waals surface area contributed by atoms with Gasteiger partial charge in [-0.1, -0.05) is 0 Å². The number of carbonyl (C=O) groups is 1. The highest BCUT2D eigenvalue weighted by Gasteiger charge is 2.50. The number of carboxylic acids is 1. The molecule has 0 spiro atoms. The molecule has 4 nitrogen and oxygen atoms in total. The molecule has 4 aliphatic rings. The van der Waals surface area contributed by atoms with Crippen molar-refractivity contribution in [1.82, 2.24) is 5.32 Å². The standard InChI is InChI=1S/C16H21NO3/c18-15(19)13-1-2-20-14(13)9-17-16-6-10-3-11(7-16)5-12(4-10)8-16/h1-2,10-12,17H,3-9H2,(H,18,19). The van der Waals surface area contributed by atoms with Crippen LogP contribution in [0.3, 0.4) is 0 Å². The van der Waals surface area contributed by atoms with Crippen LogP contribution in [0.5, 0.6) is 0 Å². The quantitative estimate of drug-likeness (QED) is 0.886. The molecule has 4 heteroatoms. The van der Waals surface area contributed by atoms with Crippen molar-refractivity contribution in [3.05, 3.63) is 23.7 Å². The van der Waals surface area contributed by atoms with Gasteiger partial charge in [-0.15, -0.1) is 0 Å². The van der Waals surface area contributed by atoms with Crippen LogP contribution in [0.25, 0.3) is 0 Å². The van der Waals surface area contributed by atoms with E-state index in [-0.39, 0.29) is 5.54 Å². The van der Waals surface area contributed by atoms with Crippen molar-refractivity contribution >= 4 is 5.97 Å². The number of nitrogens with one attached hydrogen (secondary N) is 1. The highest BCUT2D eigenvalue weighted by molar-refractivity contribution is 5.88. The van der Waals surface area contributed by atoms with Crippen LogP contribution in [0.15, 0.2) is 16.7 Å². The van der Waals surface area contributed by atoms with Gasteiger partial charge in [0.05, 0.1) is 12.8 Å². The van der Waals surface area contributed by atoms with Gasteiger partial charge in [-0.25, -0.2) is 4.79 Å². The summed E-state index contributed by atoms with van der Waals surface area (Å²) in [6.07, 6.45) is 9.53. The zero-order valence-corrected chi connectivity index (χ0v) is 11.6. The second-order valence-corrected chi connectivity index (χ2v) is 7.11. The molecule has 4 saturated carbocycles. The lowest BCUT2D eigenvalue weighted by atomic mass is 9.53. The lowest BCUT2D eigenvalue weighted by molar-refractivity contribution is -0.0213. The van der Waals surface area contributed by atoms with Crippen LogP contribution >= 0.6 is 0 Å². The maximum absolute atomic E-state index is 11.1. The number of carboxylic acid groups (broad SMARTS) is 1. The summed E-state index contributed by atoms with van der Waals surface area (Å²) in [7, 11) is 0.